The molecule has 0 aliphatic heterocycles. The van der Waals surface area contributed by atoms with Crippen molar-refractivity contribution >= 4 is 19.8 Å². The molecule has 10 heteroatoms. The highest BCUT2D eigenvalue weighted by molar-refractivity contribution is 7.47. The number of phosphoric acid groups is 1. The summed E-state index contributed by atoms with van der Waals surface area (Å²) in [5, 5.41) is 0. The predicted molar refractivity (Wildman–Crippen MR) is 298 cm³/mol. The summed E-state index contributed by atoms with van der Waals surface area (Å²) in [6.07, 6.45) is 65.9. The molecule has 0 bridgehead atoms. The van der Waals surface area contributed by atoms with Crippen molar-refractivity contribution in [2.24, 2.45) is 0 Å². The first-order valence-corrected chi connectivity index (χ1v) is 30.5. The Morgan fingerprint density at radius 1 is 0.457 bits per heavy atom. The average molecular weight is 1010 g/mol. The topological polar surface area (TPSA) is 108 Å². The Morgan fingerprint density at radius 2 is 0.814 bits per heavy atom. The quantitative estimate of drug-likeness (QED) is 0.0211. The third-order valence-electron chi connectivity index (χ3n) is 12.6. The van der Waals surface area contributed by atoms with Crippen LogP contribution in [0.15, 0.2) is 60.8 Å². The van der Waals surface area contributed by atoms with Crippen LogP contribution in [0.5, 0.6) is 0 Å². The number of allylic oxidation sites excluding steroid dienone is 10. The number of ether oxygens (including phenoxy) is 2. The molecule has 0 aromatic rings. The van der Waals surface area contributed by atoms with Crippen molar-refractivity contribution in [1.29, 1.82) is 0 Å². The summed E-state index contributed by atoms with van der Waals surface area (Å²) < 4.78 is 34.5. The lowest BCUT2D eigenvalue weighted by molar-refractivity contribution is -0.870. The summed E-state index contributed by atoms with van der Waals surface area (Å²) in [7, 11) is 1.49. The molecule has 0 aromatic carbocycles. The van der Waals surface area contributed by atoms with Gasteiger partial charge in [-0.3, -0.25) is 18.6 Å². The third-order valence-corrected chi connectivity index (χ3v) is 13.5. The molecule has 0 saturated carbocycles. The van der Waals surface area contributed by atoms with Crippen molar-refractivity contribution in [3.63, 3.8) is 0 Å². The number of carbonyl (C=O) groups is 2. The minimum absolute atomic E-state index is 0.0332. The summed E-state index contributed by atoms with van der Waals surface area (Å²) in [5.74, 6) is -0.789. The van der Waals surface area contributed by atoms with E-state index >= 15 is 0 Å². The lowest BCUT2D eigenvalue weighted by Gasteiger charge is -2.24. The smallest absolute Gasteiger partial charge is 0.462 e. The Kier molecular flexibility index (Phi) is 49.9. The maximum Gasteiger partial charge on any atom is 0.472 e. The summed E-state index contributed by atoms with van der Waals surface area (Å²) in [6, 6.07) is 0. The van der Waals surface area contributed by atoms with Crippen molar-refractivity contribution < 1.29 is 42.1 Å². The van der Waals surface area contributed by atoms with Crippen LogP contribution >= 0.6 is 7.82 Å². The maximum atomic E-state index is 12.8. The molecule has 9 nitrogen and oxygen atoms in total. The molecule has 0 aliphatic rings. The molecule has 1 N–H and O–H groups in total. The molecular weight excluding hydrogens is 894 g/mol. The zero-order valence-electron chi connectivity index (χ0n) is 46.2. The monoisotopic (exact) mass is 1000 g/mol. The molecule has 2 atom stereocenters. The SMILES string of the molecule is CC/C=C\C/C=C\C/C=C\C/C=C\C/C=C\CCCCCCCCCCCCCCCCCCCCCC(=O)OC(COC(=O)CCCCCCCCCCCCC)COP(=O)(O)OCC[N+](C)(C)C. The van der Waals surface area contributed by atoms with Crippen molar-refractivity contribution in [2.45, 2.75) is 264 Å². The highest BCUT2D eigenvalue weighted by atomic mass is 31.2. The minimum Gasteiger partial charge on any atom is -0.462 e. The van der Waals surface area contributed by atoms with Gasteiger partial charge in [-0.25, -0.2) is 4.57 Å². The fraction of sp³-hybridized carbons (Fsp3) is 0.800. The number of hydrogen-bond donors (Lipinski definition) is 1. The molecular formula is C60H111NO8P+. The van der Waals surface area contributed by atoms with Crippen LogP contribution in [0.3, 0.4) is 0 Å². The fourth-order valence-corrected chi connectivity index (χ4v) is 8.84. The minimum atomic E-state index is -4.38. The van der Waals surface area contributed by atoms with E-state index < -0.39 is 26.5 Å². The molecule has 0 heterocycles. The van der Waals surface area contributed by atoms with Gasteiger partial charge in [0.2, 0.25) is 0 Å². The van der Waals surface area contributed by atoms with Gasteiger partial charge in [0.25, 0.3) is 0 Å². The molecule has 70 heavy (non-hydrogen) atoms. The van der Waals surface area contributed by atoms with E-state index in [4.69, 9.17) is 18.5 Å². The molecule has 0 aromatic heterocycles. The molecule has 0 aliphatic carbocycles. The Balaban J connectivity index is 3.95. The van der Waals surface area contributed by atoms with Crippen LogP contribution in [-0.4, -0.2) is 74.9 Å². The van der Waals surface area contributed by atoms with E-state index in [1.165, 1.54) is 161 Å². The highest BCUT2D eigenvalue weighted by Gasteiger charge is 2.27. The van der Waals surface area contributed by atoms with Gasteiger partial charge in [0, 0.05) is 12.8 Å². The van der Waals surface area contributed by atoms with Gasteiger partial charge in [-0.2, -0.15) is 0 Å². The number of rotatable bonds is 53. The van der Waals surface area contributed by atoms with Crippen LogP contribution in [-0.2, 0) is 32.7 Å². The highest BCUT2D eigenvalue weighted by Crippen LogP contribution is 2.43. The molecule has 0 saturated heterocycles. The Labute approximate surface area is 432 Å². The second kappa shape index (κ2) is 51.6. The Hall–Kier alpha value is -2.29. The first-order chi connectivity index (χ1) is 34.0. The van der Waals surface area contributed by atoms with Gasteiger partial charge in [0.1, 0.15) is 19.8 Å². The zero-order valence-corrected chi connectivity index (χ0v) is 47.1. The number of phosphoric ester groups is 1. The van der Waals surface area contributed by atoms with Crippen LogP contribution in [0, 0.1) is 0 Å². The van der Waals surface area contributed by atoms with Gasteiger partial charge < -0.3 is 18.9 Å². The van der Waals surface area contributed by atoms with Crippen LogP contribution in [0.25, 0.3) is 0 Å². The van der Waals surface area contributed by atoms with E-state index in [0.717, 1.165) is 64.2 Å². The number of unbranched alkanes of at least 4 members (excludes halogenated alkanes) is 29. The molecule has 0 spiro atoms. The van der Waals surface area contributed by atoms with E-state index in [0.29, 0.717) is 23.9 Å². The van der Waals surface area contributed by atoms with Gasteiger partial charge in [0.05, 0.1) is 27.7 Å². The van der Waals surface area contributed by atoms with E-state index in [-0.39, 0.29) is 25.6 Å². The molecule has 0 fully saturated rings. The standard InChI is InChI=1S/C60H110NO8P/c1-6-8-10-12-14-16-18-19-20-21-22-23-24-25-26-27-28-29-30-31-32-33-34-35-36-37-38-39-40-41-43-45-47-49-51-53-60(63)69-58(57-68-70(64,65)67-55-54-61(3,4)5)56-66-59(62)52-50-48-46-44-42-17-15-13-11-9-7-2/h8,10,14,16,19-20,22-23,25-26,58H,6-7,9,11-13,15,17-18,21,24,27-57H2,1-5H3/p+1/b10-8-,16-14-,20-19-,23-22-,26-25-. The van der Waals surface area contributed by atoms with Crippen molar-refractivity contribution in [1.82, 2.24) is 0 Å². The van der Waals surface area contributed by atoms with E-state index in [1.54, 1.807) is 0 Å². The number of hydrogen-bond acceptors (Lipinski definition) is 7. The molecule has 0 radical (unpaired) electrons. The summed E-state index contributed by atoms with van der Waals surface area (Å²) in [4.78, 5) is 35.5. The zero-order chi connectivity index (χ0) is 51.3. The molecule has 0 amide bonds. The number of nitrogens with zero attached hydrogens (tertiary/aromatic N) is 1. The second-order valence-corrected chi connectivity index (χ2v) is 22.1. The Morgan fingerprint density at radius 3 is 1.21 bits per heavy atom. The van der Waals surface area contributed by atoms with Crippen molar-refractivity contribution in [3.05, 3.63) is 60.8 Å². The van der Waals surface area contributed by atoms with Crippen LogP contribution < -0.4 is 0 Å². The first kappa shape index (κ1) is 67.7. The van der Waals surface area contributed by atoms with Gasteiger partial charge in [-0.15, -0.1) is 0 Å². The largest absolute Gasteiger partial charge is 0.472 e. The fourth-order valence-electron chi connectivity index (χ4n) is 8.10. The number of quaternary nitrogens is 1. The van der Waals surface area contributed by atoms with Gasteiger partial charge >= 0.3 is 19.8 Å². The summed E-state index contributed by atoms with van der Waals surface area (Å²) >= 11 is 0. The average Bonchev–Trinajstić information content (AvgIpc) is 3.32. The van der Waals surface area contributed by atoms with Crippen molar-refractivity contribution in [2.75, 3.05) is 47.5 Å². The van der Waals surface area contributed by atoms with E-state index in [1.807, 2.05) is 21.1 Å². The van der Waals surface area contributed by atoms with Crippen LogP contribution in [0.4, 0.5) is 0 Å². The Bertz CT molecular complexity index is 1370. The van der Waals surface area contributed by atoms with Crippen LogP contribution in [0.1, 0.15) is 258 Å². The maximum absolute atomic E-state index is 12.8. The molecule has 2 unspecified atom stereocenters. The number of likely N-dealkylation sites (N-methyl/N-ethyl adjacent to an activating group) is 1. The summed E-state index contributed by atoms with van der Waals surface area (Å²) in [5.41, 5.74) is 0. The number of carbonyl (C=O) groups excluding carboxylic acids is 2. The third kappa shape index (κ3) is 55.0. The van der Waals surface area contributed by atoms with E-state index in [9.17, 15) is 19.0 Å². The van der Waals surface area contributed by atoms with Crippen LogP contribution in [0.2, 0.25) is 0 Å². The first-order valence-electron chi connectivity index (χ1n) is 29.0. The second-order valence-electron chi connectivity index (χ2n) is 20.7. The van der Waals surface area contributed by atoms with Gasteiger partial charge in [0.15, 0.2) is 6.10 Å². The van der Waals surface area contributed by atoms with E-state index in [2.05, 4.69) is 74.6 Å². The van der Waals surface area contributed by atoms with Crippen molar-refractivity contribution in [3.8, 4) is 0 Å². The number of esters is 2. The lowest BCUT2D eigenvalue weighted by atomic mass is 10.0. The normalized spacial score (nSPS) is 13.7. The van der Waals surface area contributed by atoms with Gasteiger partial charge in [-0.1, -0.05) is 248 Å². The molecule has 408 valence electrons. The lowest BCUT2D eigenvalue weighted by Crippen LogP contribution is -2.37. The predicted octanol–water partition coefficient (Wildman–Crippen LogP) is 17.9. The summed E-state index contributed by atoms with van der Waals surface area (Å²) in [6.45, 7) is 4.33. The van der Waals surface area contributed by atoms with Gasteiger partial charge in [-0.05, 0) is 57.8 Å². The molecule has 0 rings (SSSR count).